The molecule has 4 rings (SSSR count). The van der Waals surface area contributed by atoms with Crippen LogP contribution < -0.4 is 10.6 Å². The predicted octanol–water partition coefficient (Wildman–Crippen LogP) is 1.52. The number of piperidine rings is 1. The summed E-state index contributed by atoms with van der Waals surface area (Å²) in [6.45, 7) is 1.61. The summed E-state index contributed by atoms with van der Waals surface area (Å²) in [6.07, 6.45) is 3.63. The summed E-state index contributed by atoms with van der Waals surface area (Å²) in [5.41, 5.74) is -0.203. The van der Waals surface area contributed by atoms with Gasteiger partial charge in [0.25, 0.3) is 23.6 Å². The molecule has 0 radical (unpaired) electrons. The molecule has 0 saturated carbocycles. The molecule has 0 unspecified atom stereocenters. The average molecular weight is 452 g/mol. The SMILES string of the molecule is CSc1ccc(C(=O)NCc2ccc3c(c2)C(=O)N([C@@]2(C)CCC(=O)NC2=O)C3=O)nc1. The number of nitrogens with zero attached hydrogens (tertiary/aromatic N) is 2. The Hall–Kier alpha value is -3.53. The standard InChI is InChI=1S/C22H20N4O5S/c1-22(8-7-17(27)25-21(22)31)26-19(29)14-5-3-12(9-15(14)20(26)30)10-24-18(28)16-6-4-13(32-2)11-23-16/h3-6,9,11H,7-8,10H2,1-2H3,(H,24,28)(H,25,27,31)/t22-/m0/s1. The highest BCUT2D eigenvalue weighted by Gasteiger charge is 2.52. The number of thioether (sulfide) groups is 1. The third-order valence-corrected chi connectivity index (χ3v) is 6.40. The minimum atomic E-state index is -1.44. The number of pyridine rings is 1. The molecule has 0 aliphatic carbocycles. The number of hydrogen-bond donors (Lipinski definition) is 2. The molecule has 0 bridgehead atoms. The van der Waals surface area contributed by atoms with Gasteiger partial charge >= 0.3 is 0 Å². The number of carbonyl (C=O) groups is 5. The molecule has 164 valence electrons. The topological polar surface area (TPSA) is 126 Å². The van der Waals surface area contributed by atoms with Gasteiger partial charge in [0.15, 0.2) is 0 Å². The Morgan fingerprint density at radius 3 is 2.56 bits per heavy atom. The number of amides is 5. The fourth-order valence-corrected chi connectivity index (χ4v) is 4.12. The fraction of sp³-hybridized carbons (Fsp3) is 0.273. The Kier molecular flexibility index (Phi) is 5.55. The predicted molar refractivity (Wildman–Crippen MR) is 115 cm³/mol. The zero-order valence-corrected chi connectivity index (χ0v) is 18.2. The fourth-order valence-electron chi connectivity index (χ4n) is 3.76. The quantitative estimate of drug-likeness (QED) is 0.520. The number of aromatic nitrogens is 1. The maximum absolute atomic E-state index is 13.1. The van der Waals surface area contributed by atoms with E-state index in [1.165, 1.54) is 30.8 Å². The summed E-state index contributed by atoms with van der Waals surface area (Å²) in [5.74, 6) is -2.64. The van der Waals surface area contributed by atoms with Crippen molar-refractivity contribution in [2.45, 2.75) is 36.7 Å². The van der Waals surface area contributed by atoms with Crippen LogP contribution in [0.4, 0.5) is 0 Å². The summed E-state index contributed by atoms with van der Waals surface area (Å²) >= 11 is 1.52. The zero-order valence-electron chi connectivity index (χ0n) is 17.4. The average Bonchev–Trinajstić information content (AvgIpc) is 3.05. The molecule has 1 aromatic carbocycles. The molecule has 1 saturated heterocycles. The number of carbonyl (C=O) groups excluding carboxylic acids is 5. The van der Waals surface area contributed by atoms with E-state index in [0.717, 1.165) is 9.80 Å². The van der Waals surface area contributed by atoms with Crippen LogP contribution in [0.2, 0.25) is 0 Å². The molecular weight excluding hydrogens is 432 g/mol. The Morgan fingerprint density at radius 1 is 1.16 bits per heavy atom. The normalized spacial score (nSPS) is 20.2. The van der Waals surface area contributed by atoms with Gasteiger partial charge in [0, 0.05) is 24.1 Å². The van der Waals surface area contributed by atoms with Gasteiger partial charge in [-0.05, 0) is 49.4 Å². The van der Waals surface area contributed by atoms with Crippen molar-refractivity contribution in [3.05, 3.63) is 58.9 Å². The zero-order chi connectivity index (χ0) is 23.0. The smallest absolute Gasteiger partial charge is 0.270 e. The first-order valence-electron chi connectivity index (χ1n) is 9.89. The third kappa shape index (κ3) is 3.66. The Bertz CT molecular complexity index is 1160. The molecule has 2 aliphatic rings. The molecule has 2 N–H and O–H groups in total. The maximum Gasteiger partial charge on any atom is 0.270 e. The molecule has 9 nitrogen and oxygen atoms in total. The van der Waals surface area contributed by atoms with E-state index in [1.54, 1.807) is 24.4 Å². The second-order valence-electron chi connectivity index (χ2n) is 7.74. The van der Waals surface area contributed by atoms with Crippen LogP contribution in [-0.4, -0.2) is 51.2 Å². The van der Waals surface area contributed by atoms with E-state index >= 15 is 0 Å². The second kappa shape index (κ2) is 8.19. The van der Waals surface area contributed by atoms with Gasteiger partial charge < -0.3 is 5.32 Å². The number of imide groups is 2. The van der Waals surface area contributed by atoms with Gasteiger partial charge in [-0.3, -0.25) is 34.2 Å². The van der Waals surface area contributed by atoms with Crippen LogP contribution in [-0.2, 0) is 16.1 Å². The summed E-state index contributed by atoms with van der Waals surface area (Å²) in [5, 5.41) is 4.95. The summed E-state index contributed by atoms with van der Waals surface area (Å²) in [6, 6.07) is 8.12. The molecule has 1 fully saturated rings. The highest BCUT2D eigenvalue weighted by atomic mass is 32.2. The van der Waals surface area contributed by atoms with Crippen LogP contribution in [0, 0.1) is 0 Å². The molecule has 3 heterocycles. The summed E-state index contributed by atoms with van der Waals surface area (Å²) < 4.78 is 0. The largest absolute Gasteiger partial charge is 0.347 e. The van der Waals surface area contributed by atoms with Crippen LogP contribution in [0.25, 0.3) is 0 Å². The lowest BCUT2D eigenvalue weighted by Gasteiger charge is -2.38. The van der Waals surface area contributed by atoms with E-state index in [1.807, 2.05) is 6.26 Å². The lowest BCUT2D eigenvalue weighted by Crippen LogP contribution is -2.62. The van der Waals surface area contributed by atoms with Crippen LogP contribution in [0.3, 0.4) is 0 Å². The van der Waals surface area contributed by atoms with Gasteiger partial charge in [-0.25, -0.2) is 4.98 Å². The second-order valence-corrected chi connectivity index (χ2v) is 8.62. The van der Waals surface area contributed by atoms with E-state index in [4.69, 9.17) is 0 Å². The first-order valence-corrected chi connectivity index (χ1v) is 11.1. The van der Waals surface area contributed by atoms with E-state index in [-0.39, 0.29) is 42.1 Å². The molecular formula is C22H20N4O5S. The van der Waals surface area contributed by atoms with Crippen molar-refractivity contribution in [3.8, 4) is 0 Å². The van der Waals surface area contributed by atoms with E-state index in [9.17, 15) is 24.0 Å². The van der Waals surface area contributed by atoms with Crippen LogP contribution in [0.5, 0.6) is 0 Å². The monoisotopic (exact) mass is 452 g/mol. The Labute approximate surface area is 188 Å². The van der Waals surface area contributed by atoms with Crippen molar-refractivity contribution in [1.82, 2.24) is 20.5 Å². The number of fused-ring (bicyclic) bond motifs is 1. The highest BCUT2D eigenvalue weighted by Crippen LogP contribution is 2.34. The Morgan fingerprint density at radius 2 is 1.91 bits per heavy atom. The lowest BCUT2D eigenvalue weighted by molar-refractivity contribution is -0.140. The molecule has 10 heteroatoms. The first kappa shape index (κ1) is 21.7. The highest BCUT2D eigenvalue weighted by molar-refractivity contribution is 7.98. The van der Waals surface area contributed by atoms with Crippen LogP contribution in [0.15, 0.2) is 41.4 Å². The van der Waals surface area contributed by atoms with Gasteiger partial charge in [-0.15, -0.1) is 11.8 Å². The lowest BCUT2D eigenvalue weighted by atomic mass is 9.89. The van der Waals surface area contributed by atoms with Crippen molar-refractivity contribution in [1.29, 1.82) is 0 Å². The van der Waals surface area contributed by atoms with Gasteiger partial charge in [-0.2, -0.15) is 0 Å². The first-order chi connectivity index (χ1) is 15.2. The molecule has 1 atom stereocenters. The van der Waals surface area contributed by atoms with Crippen molar-refractivity contribution in [2.75, 3.05) is 6.26 Å². The molecule has 0 spiro atoms. The minimum absolute atomic E-state index is 0.0406. The van der Waals surface area contributed by atoms with Gasteiger partial charge in [-0.1, -0.05) is 6.07 Å². The molecule has 2 aromatic rings. The summed E-state index contributed by atoms with van der Waals surface area (Å²) in [4.78, 5) is 68.3. The number of rotatable bonds is 5. The van der Waals surface area contributed by atoms with Crippen molar-refractivity contribution in [3.63, 3.8) is 0 Å². The molecule has 32 heavy (non-hydrogen) atoms. The van der Waals surface area contributed by atoms with E-state index < -0.39 is 29.2 Å². The number of nitrogens with one attached hydrogen (secondary N) is 2. The Balaban J connectivity index is 1.51. The van der Waals surface area contributed by atoms with Crippen molar-refractivity contribution >= 4 is 41.3 Å². The third-order valence-electron chi connectivity index (χ3n) is 5.68. The number of hydrogen-bond acceptors (Lipinski definition) is 7. The molecule has 2 aliphatic heterocycles. The van der Waals surface area contributed by atoms with Gasteiger partial charge in [0.2, 0.25) is 5.91 Å². The van der Waals surface area contributed by atoms with E-state index in [0.29, 0.717) is 5.56 Å². The van der Waals surface area contributed by atoms with Gasteiger partial charge in [0.1, 0.15) is 11.2 Å². The van der Waals surface area contributed by atoms with Crippen molar-refractivity contribution in [2.24, 2.45) is 0 Å². The summed E-state index contributed by atoms with van der Waals surface area (Å²) in [7, 11) is 0. The van der Waals surface area contributed by atoms with E-state index in [2.05, 4.69) is 15.6 Å². The number of benzene rings is 1. The van der Waals surface area contributed by atoms with Gasteiger partial charge in [0.05, 0.1) is 11.1 Å². The molecule has 1 aromatic heterocycles. The minimum Gasteiger partial charge on any atom is -0.347 e. The van der Waals surface area contributed by atoms with Crippen LogP contribution in [0.1, 0.15) is 56.5 Å². The van der Waals surface area contributed by atoms with Crippen LogP contribution >= 0.6 is 11.8 Å². The molecule has 5 amide bonds. The van der Waals surface area contributed by atoms with Crippen molar-refractivity contribution < 1.29 is 24.0 Å². The maximum atomic E-state index is 13.1.